The Balaban J connectivity index is 2.23. The molecule has 0 saturated carbocycles. The summed E-state index contributed by atoms with van der Waals surface area (Å²) in [5.41, 5.74) is 11.9. The van der Waals surface area contributed by atoms with Crippen molar-refractivity contribution in [1.82, 2.24) is 10.3 Å². The summed E-state index contributed by atoms with van der Waals surface area (Å²) in [5, 5.41) is 14.3. The summed E-state index contributed by atoms with van der Waals surface area (Å²) in [6.07, 6.45) is 1.50. The number of hydrazone groups is 1. The van der Waals surface area contributed by atoms with Gasteiger partial charge in [0.25, 0.3) is 0 Å². The van der Waals surface area contributed by atoms with Crippen LogP contribution in [0.1, 0.15) is 11.3 Å². The van der Waals surface area contributed by atoms with Gasteiger partial charge in [0.15, 0.2) is 11.5 Å². The van der Waals surface area contributed by atoms with E-state index in [9.17, 15) is 0 Å². The summed E-state index contributed by atoms with van der Waals surface area (Å²) < 4.78 is 4.40. The van der Waals surface area contributed by atoms with Gasteiger partial charge >= 0.3 is 0 Å². The molecule has 0 amide bonds. The minimum absolute atomic E-state index is 0.0261. The molecule has 7 nitrogen and oxygen atoms in total. The molecule has 0 aliphatic rings. The smallest absolute Gasteiger partial charge is 0.224 e. The first-order valence-corrected chi connectivity index (χ1v) is 5.79. The third-order valence-corrected chi connectivity index (χ3v) is 2.81. The van der Waals surface area contributed by atoms with Crippen molar-refractivity contribution < 1.29 is 9.73 Å². The first kappa shape index (κ1) is 13.3. The van der Waals surface area contributed by atoms with E-state index in [-0.39, 0.29) is 17.3 Å². The van der Waals surface area contributed by atoms with Crippen LogP contribution in [0, 0.1) is 0 Å². The number of hydrogen-bond donors (Lipinski definition) is 3. The second-order valence-corrected chi connectivity index (χ2v) is 4.22. The van der Waals surface area contributed by atoms with E-state index in [0.717, 1.165) is 0 Å². The lowest BCUT2D eigenvalue weighted by Crippen LogP contribution is -2.63. The third kappa shape index (κ3) is 3.01. The molecule has 0 aliphatic heterocycles. The Morgan fingerprint density at radius 2 is 2.00 bits per heavy atom. The Morgan fingerprint density at radius 1 is 1.32 bits per heavy atom. The van der Waals surface area contributed by atoms with Crippen LogP contribution < -0.4 is 16.6 Å². The van der Waals surface area contributed by atoms with Gasteiger partial charge in [-0.05, 0) is 22.4 Å². The van der Waals surface area contributed by atoms with Gasteiger partial charge in [0.2, 0.25) is 12.1 Å². The molecular formula is C10H9Cl2N6O+. The zero-order chi connectivity index (χ0) is 13.8. The van der Waals surface area contributed by atoms with Crippen LogP contribution in [0.5, 0.6) is 0 Å². The van der Waals surface area contributed by atoms with Crippen molar-refractivity contribution in [2.24, 2.45) is 10.8 Å². The lowest BCUT2D eigenvalue weighted by atomic mass is 10.2. The topological polar surface area (TPSA) is 117 Å². The molecule has 19 heavy (non-hydrogen) atoms. The number of hydrogen-bond acceptors (Lipinski definition) is 5. The molecule has 98 valence electrons. The number of benzene rings is 1. The SMILES string of the molecule is NC(=N[NH+]=Cc1c(Cl)cccc1Cl)c1nonc1N. The Labute approximate surface area is 117 Å². The zero-order valence-electron chi connectivity index (χ0n) is 9.47. The molecule has 0 aliphatic carbocycles. The first-order chi connectivity index (χ1) is 9.09. The molecule has 0 atom stereocenters. The van der Waals surface area contributed by atoms with Gasteiger partial charge in [-0.3, -0.25) is 0 Å². The molecule has 2 aromatic rings. The highest BCUT2D eigenvalue weighted by Crippen LogP contribution is 2.21. The summed E-state index contributed by atoms with van der Waals surface area (Å²) in [6.45, 7) is 0. The molecule has 0 saturated heterocycles. The highest BCUT2D eigenvalue weighted by molar-refractivity contribution is 6.38. The monoisotopic (exact) mass is 299 g/mol. The number of amidine groups is 1. The summed E-state index contributed by atoms with van der Waals surface area (Å²) in [4.78, 5) is 0. The minimum atomic E-state index is 0.0261. The normalized spacial score (nSPS) is 12.2. The summed E-state index contributed by atoms with van der Waals surface area (Å²) in [6, 6.07) is 5.14. The number of nitrogens with two attached hydrogens (primary N) is 2. The fraction of sp³-hybridized carbons (Fsp3) is 0. The molecular weight excluding hydrogens is 291 g/mol. The molecule has 0 unspecified atom stereocenters. The number of nitrogens with one attached hydrogen (secondary N) is 1. The fourth-order valence-electron chi connectivity index (χ4n) is 1.24. The number of aromatic nitrogens is 2. The van der Waals surface area contributed by atoms with Crippen molar-refractivity contribution >= 4 is 41.1 Å². The molecule has 0 bridgehead atoms. The van der Waals surface area contributed by atoms with Gasteiger partial charge in [0, 0.05) is 5.10 Å². The van der Waals surface area contributed by atoms with Gasteiger partial charge in [-0.2, -0.15) is 0 Å². The molecule has 1 aromatic heterocycles. The largest absolute Gasteiger partial charge is 0.379 e. The molecule has 1 aromatic carbocycles. The average Bonchev–Trinajstić information content (AvgIpc) is 2.79. The molecule has 0 radical (unpaired) electrons. The van der Waals surface area contributed by atoms with Crippen molar-refractivity contribution in [3.8, 4) is 0 Å². The first-order valence-electron chi connectivity index (χ1n) is 5.04. The summed E-state index contributed by atoms with van der Waals surface area (Å²) in [7, 11) is 0. The number of anilines is 1. The van der Waals surface area contributed by atoms with E-state index in [1.165, 1.54) is 6.21 Å². The second kappa shape index (κ2) is 5.68. The number of nitrogen functional groups attached to an aromatic ring is 1. The van der Waals surface area contributed by atoms with Gasteiger partial charge in [0.1, 0.15) is 0 Å². The van der Waals surface area contributed by atoms with E-state index in [1.807, 2.05) is 0 Å². The van der Waals surface area contributed by atoms with E-state index in [0.29, 0.717) is 15.6 Å². The van der Waals surface area contributed by atoms with Crippen molar-refractivity contribution in [3.63, 3.8) is 0 Å². The van der Waals surface area contributed by atoms with Crippen molar-refractivity contribution in [3.05, 3.63) is 39.5 Å². The molecule has 5 N–H and O–H groups in total. The maximum atomic E-state index is 5.98. The lowest BCUT2D eigenvalue weighted by Gasteiger charge is -1.95. The number of rotatable bonds is 3. The third-order valence-electron chi connectivity index (χ3n) is 2.15. The van der Waals surface area contributed by atoms with Crippen LogP contribution in [0.15, 0.2) is 27.9 Å². The summed E-state index contributed by atoms with van der Waals surface area (Å²) in [5.74, 6) is 0.0806. The maximum absolute atomic E-state index is 5.98. The van der Waals surface area contributed by atoms with E-state index in [1.54, 1.807) is 18.2 Å². The number of halogens is 2. The maximum Gasteiger partial charge on any atom is 0.224 e. The average molecular weight is 300 g/mol. The minimum Gasteiger partial charge on any atom is -0.379 e. The lowest BCUT2D eigenvalue weighted by molar-refractivity contribution is -0.456. The Morgan fingerprint density at radius 3 is 2.58 bits per heavy atom. The molecule has 0 fully saturated rings. The molecule has 1 heterocycles. The quantitative estimate of drug-likeness (QED) is 0.411. The Hall–Kier alpha value is -2.12. The van der Waals surface area contributed by atoms with Crippen molar-refractivity contribution in [2.45, 2.75) is 0 Å². The van der Waals surface area contributed by atoms with Crippen LogP contribution in [0.2, 0.25) is 10.0 Å². The van der Waals surface area contributed by atoms with Crippen LogP contribution >= 0.6 is 23.2 Å². The van der Waals surface area contributed by atoms with Gasteiger partial charge in [-0.15, -0.1) is 5.10 Å². The van der Waals surface area contributed by atoms with Crippen LogP contribution in [-0.2, 0) is 0 Å². The number of nitrogens with zero attached hydrogens (tertiary/aromatic N) is 3. The van der Waals surface area contributed by atoms with Crippen LogP contribution in [0.4, 0.5) is 5.82 Å². The molecule has 2 rings (SSSR count). The van der Waals surface area contributed by atoms with Gasteiger partial charge in [0.05, 0.1) is 15.6 Å². The molecule has 9 heteroatoms. The summed E-state index contributed by atoms with van der Waals surface area (Å²) >= 11 is 12.0. The standard InChI is InChI=1S/C10H8Cl2N6O/c11-6-2-1-3-7(12)5(6)4-15-16-9(13)8-10(14)18-19-17-8/h1-4H,(H2,13,16)(H2,14,18)/p+1. The molecule has 0 spiro atoms. The zero-order valence-corrected chi connectivity index (χ0v) is 11.0. The predicted octanol–water partition coefficient (Wildman–Crippen LogP) is -0.221. The van der Waals surface area contributed by atoms with Crippen molar-refractivity contribution in [2.75, 3.05) is 5.73 Å². The highest BCUT2D eigenvalue weighted by atomic mass is 35.5. The van der Waals surface area contributed by atoms with Crippen LogP contribution in [-0.4, -0.2) is 22.4 Å². The van der Waals surface area contributed by atoms with Crippen molar-refractivity contribution in [1.29, 1.82) is 0 Å². The van der Waals surface area contributed by atoms with Crippen LogP contribution in [0.3, 0.4) is 0 Å². The Kier molecular flexibility index (Phi) is 3.98. The van der Waals surface area contributed by atoms with E-state index < -0.39 is 0 Å². The van der Waals surface area contributed by atoms with E-state index in [4.69, 9.17) is 34.7 Å². The van der Waals surface area contributed by atoms with Gasteiger partial charge < -0.3 is 11.5 Å². The second-order valence-electron chi connectivity index (χ2n) is 3.40. The van der Waals surface area contributed by atoms with E-state index >= 15 is 0 Å². The Bertz CT molecular complexity index is 631. The van der Waals surface area contributed by atoms with E-state index in [2.05, 4.69) is 25.1 Å². The van der Waals surface area contributed by atoms with Gasteiger partial charge in [-0.25, -0.2) is 4.63 Å². The van der Waals surface area contributed by atoms with Gasteiger partial charge in [-0.1, -0.05) is 29.3 Å². The highest BCUT2D eigenvalue weighted by Gasteiger charge is 2.12. The predicted molar refractivity (Wildman–Crippen MR) is 72.0 cm³/mol. The van der Waals surface area contributed by atoms with Crippen LogP contribution in [0.25, 0.3) is 0 Å². The fourth-order valence-corrected chi connectivity index (χ4v) is 1.75.